The fourth-order valence-electron chi connectivity index (χ4n) is 4.33. The summed E-state index contributed by atoms with van der Waals surface area (Å²) in [6.07, 6.45) is 11.6. The smallest absolute Gasteiger partial charge is 0.224 e. The quantitative estimate of drug-likeness (QED) is 0.615. The number of aromatic nitrogens is 3. The Kier molecular flexibility index (Phi) is 6.77. The number of rotatable bonds is 7. The van der Waals surface area contributed by atoms with Crippen LogP contribution in [0.3, 0.4) is 0 Å². The van der Waals surface area contributed by atoms with E-state index in [2.05, 4.69) is 22.5 Å². The number of fused-ring (bicyclic) bond motifs is 1. The average Bonchev–Trinajstić information content (AvgIpc) is 2.75. The molecule has 1 aliphatic carbocycles. The zero-order chi connectivity index (χ0) is 20.1. The van der Waals surface area contributed by atoms with Crippen LogP contribution in [0.1, 0.15) is 69.8 Å². The molecule has 4 rings (SSSR count). The van der Waals surface area contributed by atoms with Gasteiger partial charge >= 0.3 is 0 Å². The number of ether oxygens (including phenoxy) is 1. The van der Waals surface area contributed by atoms with Gasteiger partial charge in [-0.15, -0.1) is 0 Å². The van der Waals surface area contributed by atoms with Crippen LogP contribution in [0, 0.1) is 0 Å². The second-order valence-electron chi connectivity index (χ2n) is 8.33. The summed E-state index contributed by atoms with van der Waals surface area (Å²) in [6, 6.07) is 0. The lowest BCUT2D eigenvalue weighted by Gasteiger charge is -2.27. The van der Waals surface area contributed by atoms with Crippen molar-refractivity contribution < 1.29 is 9.84 Å². The molecule has 2 aromatic heterocycles. The van der Waals surface area contributed by atoms with Gasteiger partial charge in [0, 0.05) is 24.5 Å². The molecule has 0 spiro atoms. The van der Waals surface area contributed by atoms with Crippen LogP contribution in [0.25, 0.3) is 10.9 Å². The second kappa shape index (κ2) is 9.67. The summed E-state index contributed by atoms with van der Waals surface area (Å²) in [5.41, 5.74) is 2.10. The van der Waals surface area contributed by atoms with Crippen LogP contribution in [0.4, 0.5) is 5.95 Å². The Hall–Kier alpha value is -1.99. The van der Waals surface area contributed by atoms with Gasteiger partial charge in [0.2, 0.25) is 11.8 Å². The number of pyridine rings is 1. The van der Waals surface area contributed by atoms with Crippen molar-refractivity contribution in [3.05, 3.63) is 18.0 Å². The largest absolute Gasteiger partial charge is 0.474 e. The molecule has 0 radical (unpaired) electrons. The first-order valence-electron chi connectivity index (χ1n) is 11.2. The minimum atomic E-state index is -0.172. The minimum Gasteiger partial charge on any atom is -0.474 e. The summed E-state index contributed by atoms with van der Waals surface area (Å²) in [4.78, 5) is 14.1. The Morgan fingerprint density at radius 3 is 2.66 bits per heavy atom. The lowest BCUT2D eigenvalue weighted by molar-refractivity contribution is 0.122. The van der Waals surface area contributed by atoms with E-state index < -0.39 is 0 Å². The van der Waals surface area contributed by atoms with Crippen molar-refractivity contribution in [2.45, 2.75) is 76.4 Å². The summed E-state index contributed by atoms with van der Waals surface area (Å²) in [5, 5.41) is 17.5. The highest BCUT2D eigenvalue weighted by atomic mass is 16.5. The SMILES string of the molecule is CCCCNc1ncc2c(OC3CCNCC3)ncc(C3CCC(O)CC3)c2n1. The van der Waals surface area contributed by atoms with E-state index in [1.165, 1.54) is 0 Å². The van der Waals surface area contributed by atoms with E-state index in [1.807, 2.05) is 12.4 Å². The topological polar surface area (TPSA) is 92.2 Å². The molecule has 0 aromatic carbocycles. The summed E-state index contributed by atoms with van der Waals surface area (Å²) in [5.74, 6) is 1.69. The molecule has 29 heavy (non-hydrogen) atoms. The van der Waals surface area contributed by atoms with E-state index in [9.17, 15) is 5.11 Å². The van der Waals surface area contributed by atoms with Crippen molar-refractivity contribution in [1.29, 1.82) is 0 Å². The van der Waals surface area contributed by atoms with Gasteiger partial charge in [0.25, 0.3) is 0 Å². The van der Waals surface area contributed by atoms with Crippen molar-refractivity contribution >= 4 is 16.9 Å². The van der Waals surface area contributed by atoms with Gasteiger partial charge in [-0.2, -0.15) is 0 Å². The Bertz CT molecular complexity index is 801. The van der Waals surface area contributed by atoms with E-state index in [1.54, 1.807) is 0 Å². The number of anilines is 1. The summed E-state index contributed by atoms with van der Waals surface area (Å²) < 4.78 is 6.27. The normalized spacial score (nSPS) is 23.2. The van der Waals surface area contributed by atoms with Crippen LogP contribution in [-0.4, -0.2) is 51.9 Å². The van der Waals surface area contributed by atoms with Gasteiger partial charge in [-0.3, -0.25) is 0 Å². The predicted molar refractivity (Wildman–Crippen MR) is 114 cm³/mol. The number of unbranched alkanes of at least 4 members (excludes halogenated alkanes) is 1. The second-order valence-corrected chi connectivity index (χ2v) is 8.33. The minimum absolute atomic E-state index is 0.172. The Morgan fingerprint density at radius 2 is 1.90 bits per heavy atom. The third-order valence-corrected chi connectivity index (χ3v) is 6.13. The first-order chi connectivity index (χ1) is 14.2. The first kappa shape index (κ1) is 20.3. The third-order valence-electron chi connectivity index (χ3n) is 6.13. The summed E-state index contributed by atoms with van der Waals surface area (Å²) in [7, 11) is 0. The van der Waals surface area contributed by atoms with Crippen molar-refractivity contribution in [2.24, 2.45) is 0 Å². The van der Waals surface area contributed by atoms with Crippen LogP contribution in [0.2, 0.25) is 0 Å². The van der Waals surface area contributed by atoms with Crippen molar-refractivity contribution in [1.82, 2.24) is 20.3 Å². The Balaban J connectivity index is 1.65. The monoisotopic (exact) mass is 399 g/mol. The van der Waals surface area contributed by atoms with Crippen molar-refractivity contribution in [2.75, 3.05) is 25.0 Å². The molecule has 3 N–H and O–H groups in total. The van der Waals surface area contributed by atoms with Crippen molar-refractivity contribution in [3.63, 3.8) is 0 Å². The van der Waals surface area contributed by atoms with Gasteiger partial charge in [0.15, 0.2) is 0 Å². The van der Waals surface area contributed by atoms with E-state index in [-0.39, 0.29) is 12.2 Å². The van der Waals surface area contributed by atoms with Gasteiger partial charge in [-0.1, -0.05) is 13.3 Å². The fraction of sp³-hybridized carbons (Fsp3) is 0.682. The van der Waals surface area contributed by atoms with Crippen molar-refractivity contribution in [3.8, 4) is 5.88 Å². The summed E-state index contributed by atoms with van der Waals surface area (Å²) in [6.45, 7) is 5.01. The lowest BCUT2D eigenvalue weighted by Crippen LogP contribution is -2.34. The molecule has 7 heteroatoms. The van der Waals surface area contributed by atoms with Gasteiger partial charge < -0.3 is 20.5 Å². The third kappa shape index (κ3) is 4.95. The molecule has 0 unspecified atom stereocenters. The van der Waals surface area contributed by atoms with Gasteiger partial charge in [0.1, 0.15) is 6.10 Å². The number of hydrogen-bond acceptors (Lipinski definition) is 7. The molecule has 2 aromatic rings. The number of piperidine rings is 1. The predicted octanol–water partition coefficient (Wildman–Crippen LogP) is 3.39. The fourth-order valence-corrected chi connectivity index (χ4v) is 4.33. The standard InChI is InChI=1S/C22H33N5O2/c1-2-3-10-24-22-26-14-19-20(27-22)18(15-4-6-16(28)7-5-15)13-25-21(19)29-17-8-11-23-12-9-17/h13-17,23,28H,2-12H2,1H3,(H,24,26,27). The molecular formula is C22H33N5O2. The maximum atomic E-state index is 9.90. The van der Waals surface area contributed by atoms with Crippen LogP contribution in [0.5, 0.6) is 5.88 Å². The zero-order valence-electron chi connectivity index (χ0n) is 17.4. The number of aliphatic hydroxyl groups is 1. The molecular weight excluding hydrogens is 366 g/mol. The molecule has 0 bridgehead atoms. The van der Waals surface area contributed by atoms with E-state index in [0.29, 0.717) is 17.7 Å². The zero-order valence-corrected chi connectivity index (χ0v) is 17.4. The molecule has 0 amide bonds. The maximum absolute atomic E-state index is 9.90. The molecule has 1 saturated carbocycles. The molecule has 0 atom stereocenters. The van der Waals surface area contributed by atoms with Crippen LogP contribution in [0.15, 0.2) is 12.4 Å². The first-order valence-corrected chi connectivity index (χ1v) is 11.2. The highest BCUT2D eigenvalue weighted by molar-refractivity contribution is 5.86. The van der Waals surface area contributed by atoms with E-state index in [4.69, 9.17) is 14.7 Å². The molecule has 3 heterocycles. The molecule has 2 aliphatic rings. The highest BCUT2D eigenvalue weighted by Gasteiger charge is 2.25. The highest BCUT2D eigenvalue weighted by Crippen LogP contribution is 2.38. The van der Waals surface area contributed by atoms with E-state index >= 15 is 0 Å². The van der Waals surface area contributed by atoms with Crippen LogP contribution in [-0.2, 0) is 0 Å². The summed E-state index contributed by atoms with van der Waals surface area (Å²) >= 11 is 0. The van der Waals surface area contributed by atoms with Gasteiger partial charge in [0.05, 0.1) is 17.0 Å². The average molecular weight is 400 g/mol. The number of hydrogen-bond donors (Lipinski definition) is 3. The van der Waals surface area contributed by atoms with Crippen LogP contribution >= 0.6 is 0 Å². The van der Waals surface area contributed by atoms with Crippen LogP contribution < -0.4 is 15.4 Å². The lowest BCUT2D eigenvalue weighted by atomic mass is 9.83. The molecule has 1 saturated heterocycles. The Labute approximate surface area is 172 Å². The van der Waals surface area contributed by atoms with E-state index in [0.717, 1.165) is 87.5 Å². The Morgan fingerprint density at radius 1 is 1.10 bits per heavy atom. The number of nitrogens with zero attached hydrogens (tertiary/aromatic N) is 3. The van der Waals surface area contributed by atoms with Gasteiger partial charge in [-0.05, 0) is 64.0 Å². The molecule has 158 valence electrons. The molecule has 1 aliphatic heterocycles. The maximum Gasteiger partial charge on any atom is 0.224 e. The molecule has 2 fully saturated rings. The number of nitrogens with one attached hydrogen (secondary N) is 2. The molecule has 7 nitrogen and oxygen atoms in total. The number of aliphatic hydroxyl groups excluding tert-OH is 1. The van der Waals surface area contributed by atoms with Gasteiger partial charge in [-0.25, -0.2) is 15.0 Å².